The van der Waals surface area contributed by atoms with E-state index in [9.17, 15) is 4.79 Å². The van der Waals surface area contributed by atoms with Gasteiger partial charge in [-0.25, -0.2) is 15.0 Å². The number of aromatic nitrogens is 4. The van der Waals surface area contributed by atoms with Gasteiger partial charge in [0, 0.05) is 30.3 Å². The van der Waals surface area contributed by atoms with Crippen LogP contribution in [-0.4, -0.2) is 33.0 Å². The largest absolute Gasteiger partial charge is 0.481 e. The number of pyridine rings is 2. The van der Waals surface area contributed by atoms with Crippen LogP contribution in [0.4, 0.5) is 17.3 Å². The highest BCUT2D eigenvalue weighted by Crippen LogP contribution is 2.14. The highest BCUT2D eigenvalue weighted by molar-refractivity contribution is 6.02. The molecule has 2 N–H and O–H groups in total. The van der Waals surface area contributed by atoms with Gasteiger partial charge in [0.25, 0.3) is 5.91 Å². The summed E-state index contributed by atoms with van der Waals surface area (Å²) in [5.41, 5.74) is 1.56. The summed E-state index contributed by atoms with van der Waals surface area (Å²) in [6.07, 6.45) is 6.32. The molecule has 0 aliphatic heterocycles. The molecular weight excluding hydrogens is 308 g/mol. The second-order valence-electron chi connectivity index (χ2n) is 4.67. The number of hydrogen-bond acceptors (Lipinski definition) is 7. The Morgan fingerprint density at radius 1 is 1.00 bits per heavy atom. The Kier molecular flexibility index (Phi) is 4.57. The lowest BCUT2D eigenvalue weighted by atomic mass is 10.3. The quantitative estimate of drug-likeness (QED) is 0.743. The number of methoxy groups -OCH3 is 1. The standard InChI is InChI=1S/C16H14N6O2/c1-24-14-3-2-12(10-19-14)20-15(23)13-6-9-18-16(22-13)21-11-4-7-17-8-5-11/h2-10H,1H3,(H,20,23)(H,17,18,21,22). The van der Waals surface area contributed by atoms with Crippen molar-refractivity contribution in [2.24, 2.45) is 0 Å². The molecule has 1 amide bonds. The highest BCUT2D eigenvalue weighted by atomic mass is 16.5. The SMILES string of the molecule is COc1ccc(NC(=O)c2ccnc(Nc3ccncc3)n2)cn1. The van der Waals surface area contributed by atoms with Gasteiger partial charge in [-0.3, -0.25) is 9.78 Å². The minimum Gasteiger partial charge on any atom is -0.481 e. The number of amides is 1. The normalized spacial score (nSPS) is 10.0. The Morgan fingerprint density at radius 3 is 2.54 bits per heavy atom. The van der Waals surface area contributed by atoms with Crippen LogP contribution in [-0.2, 0) is 0 Å². The van der Waals surface area contributed by atoms with Gasteiger partial charge in [0.05, 0.1) is 19.0 Å². The van der Waals surface area contributed by atoms with Crippen LogP contribution in [0, 0.1) is 0 Å². The Balaban J connectivity index is 1.71. The first kappa shape index (κ1) is 15.3. The van der Waals surface area contributed by atoms with E-state index in [-0.39, 0.29) is 11.6 Å². The van der Waals surface area contributed by atoms with Crippen molar-refractivity contribution in [2.75, 3.05) is 17.7 Å². The fourth-order valence-corrected chi connectivity index (χ4v) is 1.88. The van der Waals surface area contributed by atoms with Crippen LogP contribution in [0.1, 0.15) is 10.5 Å². The van der Waals surface area contributed by atoms with Crippen LogP contribution in [0.5, 0.6) is 5.88 Å². The fraction of sp³-hybridized carbons (Fsp3) is 0.0625. The van der Waals surface area contributed by atoms with E-state index in [0.717, 1.165) is 5.69 Å². The summed E-state index contributed by atoms with van der Waals surface area (Å²) in [6, 6.07) is 8.44. The number of hydrogen-bond donors (Lipinski definition) is 2. The van der Waals surface area contributed by atoms with Crippen molar-refractivity contribution in [3.8, 4) is 5.88 Å². The third-order valence-electron chi connectivity index (χ3n) is 3.03. The molecule has 3 rings (SSSR count). The van der Waals surface area contributed by atoms with E-state index in [4.69, 9.17) is 4.74 Å². The van der Waals surface area contributed by atoms with E-state index in [1.54, 1.807) is 36.7 Å². The number of rotatable bonds is 5. The van der Waals surface area contributed by atoms with Crippen LogP contribution in [0.25, 0.3) is 0 Å². The molecule has 0 atom stereocenters. The van der Waals surface area contributed by atoms with E-state index in [1.807, 2.05) is 0 Å². The van der Waals surface area contributed by atoms with Gasteiger partial charge in [-0.1, -0.05) is 0 Å². The average molecular weight is 322 g/mol. The molecule has 0 saturated heterocycles. The summed E-state index contributed by atoms with van der Waals surface area (Å²) >= 11 is 0. The van der Waals surface area contributed by atoms with Gasteiger partial charge in [0.2, 0.25) is 11.8 Å². The Hall–Kier alpha value is -3.55. The predicted molar refractivity (Wildman–Crippen MR) is 88.3 cm³/mol. The van der Waals surface area contributed by atoms with Crippen molar-refractivity contribution in [3.05, 3.63) is 60.8 Å². The molecule has 0 aliphatic carbocycles. The van der Waals surface area contributed by atoms with Crippen molar-refractivity contribution in [3.63, 3.8) is 0 Å². The molecule has 8 nitrogen and oxygen atoms in total. The number of carbonyl (C=O) groups is 1. The number of ether oxygens (including phenoxy) is 1. The maximum absolute atomic E-state index is 12.3. The van der Waals surface area contributed by atoms with Crippen LogP contribution in [0.15, 0.2) is 55.1 Å². The number of nitrogens with one attached hydrogen (secondary N) is 2. The van der Waals surface area contributed by atoms with Gasteiger partial charge in [0.15, 0.2) is 0 Å². The van der Waals surface area contributed by atoms with E-state index in [2.05, 4.69) is 30.6 Å². The number of nitrogens with zero attached hydrogens (tertiary/aromatic N) is 4. The zero-order valence-electron chi connectivity index (χ0n) is 12.8. The lowest BCUT2D eigenvalue weighted by Crippen LogP contribution is -2.15. The molecule has 0 bridgehead atoms. The monoisotopic (exact) mass is 322 g/mol. The molecule has 0 saturated carbocycles. The molecule has 3 aromatic rings. The highest BCUT2D eigenvalue weighted by Gasteiger charge is 2.10. The Labute approximate surface area is 138 Å². The van der Waals surface area contributed by atoms with Crippen molar-refractivity contribution in [1.82, 2.24) is 19.9 Å². The van der Waals surface area contributed by atoms with Crippen molar-refractivity contribution >= 4 is 23.2 Å². The van der Waals surface area contributed by atoms with Crippen molar-refractivity contribution in [1.29, 1.82) is 0 Å². The molecule has 3 heterocycles. The van der Waals surface area contributed by atoms with Crippen molar-refractivity contribution < 1.29 is 9.53 Å². The van der Waals surface area contributed by atoms with Gasteiger partial charge in [0.1, 0.15) is 5.69 Å². The maximum Gasteiger partial charge on any atom is 0.274 e. The first-order valence-electron chi connectivity index (χ1n) is 7.06. The maximum atomic E-state index is 12.3. The van der Waals surface area contributed by atoms with Gasteiger partial charge >= 0.3 is 0 Å². The van der Waals surface area contributed by atoms with Crippen molar-refractivity contribution in [2.45, 2.75) is 0 Å². The van der Waals surface area contributed by atoms with Crippen LogP contribution >= 0.6 is 0 Å². The van der Waals surface area contributed by atoms with E-state index in [0.29, 0.717) is 17.5 Å². The average Bonchev–Trinajstić information content (AvgIpc) is 2.63. The molecule has 8 heteroatoms. The van der Waals surface area contributed by atoms with Crippen LogP contribution in [0.3, 0.4) is 0 Å². The summed E-state index contributed by atoms with van der Waals surface area (Å²) in [7, 11) is 1.53. The van der Waals surface area contributed by atoms with Gasteiger partial charge in [-0.05, 0) is 24.3 Å². The molecule has 0 fully saturated rings. The van der Waals surface area contributed by atoms with Crippen LogP contribution in [0.2, 0.25) is 0 Å². The molecular formula is C16H14N6O2. The summed E-state index contributed by atoms with van der Waals surface area (Å²) in [5.74, 6) is 0.433. The summed E-state index contributed by atoms with van der Waals surface area (Å²) in [4.78, 5) is 28.5. The summed E-state index contributed by atoms with van der Waals surface area (Å²) in [6.45, 7) is 0. The molecule has 0 spiro atoms. The first-order chi connectivity index (χ1) is 11.7. The van der Waals surface area contributed by atoms with Gasteiger partial charge in [-0.15, -0.1) is 0 Å². The van der Waals surface area contributed by atoms with Gasteiger partial charge < -0.3 is 15.4 Å². The molecule has 3 aromatic heterocycles. The third-order valence-corrected chi connectivity index (χ3v) is 3.03. The lowest BCUT2D eigenvalue weighted by molar-refractivity contribution is 0.102. The predicted octanol–water partition coefficient (Wildman–Crippen LogP) is 2.27. The molecule has 120 valence electrons. The molecule has 0 unspecified atom stereocenters. The first-order valence-corrected chi connectivity index (χ1v) is 7.06. The molecule has 0 radical (unpaired) electrons. The second kappa shape index (κ2) is 7.14. The number of carbonyl (C=O) groups excluding carboxylic acids is 1. The topological polar surface area (TPSA) is 102 Å². The number of anilines is 3. The van der Waals surface area contributed by atoms with Gasteiger partial charge in [-0.2, -0.15) is 0 Å². The Morgan fingerprint density at radius 2 is 1.83 bits per heavy atom. The zero-order valence-corrected chi connectivity index (χ0v) is 12.8. The smallest absolute Gasteiger partial charge is 0.274 e. The second-order valence-corrected chi connectivity index (χ2v) is 4.67. The van der Waals surface area contributed by atoms with Crippen LogP contribution < -0.4 is 15.4 Å². The van der Waals surface area contributed by atoms with E-state index in [1.165, 1.54) is 25.6 Å². The molecule has 0 aromatic carbocycles. The third kappa shape index (κ3) is 3.80. The Bertz CT molecular complexity index is 823. The fourth-order valence-electron chi connectivity index (χ4n) is 1.88. The summed E-state index contributed by atoms with van der Waals surface area (Å²) < 4.78 is 4.97. The minimum absolute atomic E-state index is 0.234. The summed E-state index contributed by atoms with van der Waals surface area (Å²) in [5, 5.41) is 5.72. The molecule has 0 aliphatic rings. The lowest BCUT2D eigenvalue weighted by Gasteiger charge is -2.07. The minimum atomic E-state index is -0.359. The van der Waals surface area contributed by atoms with E-state index < -0.39 is 0 Å². The molecule has 24 heavy (non-hydrogen) atoms. The van der Waals surface area contributed by atoms with E-state index >= 15 is 0 Å². The zero-order chi connectivity index (χ0) is 16.8.